The fourth-order valence-electron chi connectivity index (χ4n) is 2.62. The molecular formula is C15H21NO3S. The van der Waals surface area contributed by atoms with Crippen LogP contribution in [0.5, 0.6) is 0 Å². The first-order valence-corrected chi connectivity index (χ1v) is 8.80. The molecule has 1 aliphatic rings. The van der Waals surface area contributed by atoms with Crippen LogP contribution in [0.15, 0.2) is 18.2 Å². The maximum Gasteiger partial charge on any atom is 0.254 e. The minimum Gasteiger partial charge on any atom is -0.339 e. The molecule has 1 amide bonds. The molecule has 1 aromatic rings. The third-order valence-corrected chi connectivity index (χ3v) is 5.64. The standard InChI is InChI=1S/C15H21NO3S/c1-11-4-5-12(2)14(10-11)15(17)16-8-6-13(7-9-16)20(3,18)19/h4-5,10,13H,6-9H2,1-3H3. The van der Waals surface area contributed by atoms with Gasteiger partial charge in [-0.05, 0) is 38.3 Å². The molecule has 5 heteroatoms. The maximum absolute atomic E-state index is 12.5. The molecule has 0 N–H and O–H groups in total. The number of aryl methyl sites for hydroxylation is 2. The van der Waals surface area contributed by atoms with Gasteiger partial charge in [0.1, 0.15) is 9.84 Å². The predicted octanol–water partition coefficient (Wildman–Crippen LogP) is 1.95. The monoisotopic (exact) mass is 295 g/mol. The lowest BCUT2D eigenvalue weighted by Crippen LogP contribution is -2.42. The molecule has 20 heavy (non-hydrogen) atoms. The summed E-state index contributed by atoms with van der Waals surface area (Å²) in [5.74, 6) is 0.0122. The Kier molecular flexibility index (Phi) is 4.18. The highest BCUT2D eigenvalue weighted by Crippen LogP contribution is 2.20. The average Bonchev–Trinajstić information content (AvgIpc) is 2.40. The van der Waals surface area contributed by atoms with E-state index >= 15 is 0 Å². The number of benzene rings is 1. The highest BCUT2D eigenvalue weighted by atomic mass is 32.2. The molecule has 1 heterocycles. The van der Waals surface area contributed by atoms with Crippen molar-refractivity contribution in [2.45, 2.75) is 31.9 Å². The molecule has 0 unspecified atom stereocenters. The van der Waals surface area contributed by atoms with Crippen LogP contribution in [0.3, 0.4) is 0 Å². The van der Waals surface area contributed by atoms with Crippen LogP contribution in [0.4, 0.5) is 0 Å². The molecule has 0 saturated carbocycles. The minimum atomic E-state index is -2.99. The van der Waals surface area contributed by atoms with Gasteiger partial charge in [-0.1, -0.05) is 17.7 Å². The van der Waals surface area contributed by atoms with Gasteiger partial charge >= 0.3 is 0 Å². The van der Waals surface area contributed by atoms with Crippen LogP contribution in [-0.4, -0.2) is 43.8 Å². The molecule has 1 aromatic carbocycles. The summed E-state index contributed by atoms with van der Waals surface area (Å²) in [6.45, 7) is 4.93. The second-order valence-electron chi connectivity index (χ2n) is 5.64. The number of carbonyl (C=O) groups is 1. The quantitative estimate of drug-likeness (QED) is 0.838. The predicted molar refractivity (Wildman–Crippen MR) is 79.7 cm³/mol. The van der Waals surface area contributed by atoms with E-state index in [0.29, 0.717) is 25.9 Å². The molecule has 110 valence electrons. The summed E-state index contributed by atoms with van der Waals surface area (Å²) in [4.78, 5) is 14.3. The van der Waals surface area contributed by atoms with Gasteiger partial charge in [-0.25, -0.2) is 8.42 Å². The van der Waals surface area contributed by atoms with Gasteiger partial charge in [0.2, 0.25) is 0 Å². The smallest absolute Gasteiger partial charge is 0.254 e. The fraction of sp³-hybridized carbons (Fsp3) is 0.533. The molecule has 0 spiro atoms. The molecule has 0 atom stereocenters. The van der Waals surface area contributed by atoms with E-state index in [1.54, 1.807) is 4.90 Å². The van der Waals surface area contributed by atoms with E-state index in [4.69, 9.17) is 0 Å². The van der Waals surface area contributed by atoms with E-state index in [-0.39, 0.29) is 11.2 Å². The van der Waals surface area contributed by atoms with Crippen molar-refractivity contribution in [2.75, 3.05) is 19.3 Å². The lowest BCUT2D eigenvalue weighted by atomic mass is 10.0. The van der Waals surface area contributed by atoms with E-state index in [9.17, 15) is 13.2 Å². The molecule has 0 aromatic heterocycles. The van der Waals surface area contributed by atoms with E-state index in [0.717, 1.165) is 16.7 Å². The Morgan fingerprint density at radius 2 is 1.80 bits per heavy atom. The molecule has 0 radical (unpaired) electrons. The van der Waals surface area contributed by atoms with Crippen molar-refractivity contribution in [3.8, 4) is 0 Å². The number of rotatable bonds is 2. The van der Waals surface area contributed by atoms with Gasteiger partial charge in [0.25, 0.3) is 5.91 Å². The Balaban J connectivity index is 2.11. The first-order valence-electron chi connectivity index (χ1n) is 6.84. The lowest BCUT2D eigenvalue weighted by molar-refractivity contribution is 0.0725. The molecule has 1 saturated heterocycles. The summed E-state index contributed by atoms with van der Waals surface area (Å²) < 4.78 is 23.1. The normalized spacial score (nSPS) is 17.2. The van der Waals surface area contributed by atoms with Crippen LogP contribution in [0, 0.1) is 13.8 Å². The third-order valence-electron chi connectivity index (χ3n) is 3.96. The summed E-state index contributed by atoms with van der Waals surface area (Å²) >= 11 is 0. The van der Waals surface area contributed by atoms with Crippen molar-refractivity contribution in [1.82, 2.24) is 4.90 Å². The lowest BCUT2D eigenvalue weighted by Gasteiger charge is -2.31. The first-order chi connectivity index (χ1) is 9.29. The van der Waals surface area contributed by atoms with E-state index in [1.165, 1.54) is 6.26 Å². The van der Waals surface area contributed by atoms with Crippen LogP contribution in [-0.2, 0) is 9.84 Å². The number of amides is 1. The van der Waals surface area contributed by atoms with Gasteiger partial charge in [-0.2, -0.15) is 0 Å². The SMILES string of the molecule is Cc1ccc(C)c(C(=O)N2CCC(S(C)(=O)=O)CC2)c1. The summed E-state index contributed by atoms with van der Waals surface area (Å²) in [5.41, 5.74) is 2.75. The average molecular weight is 295 g/mol. The Labute approximate surface area is 120 Å². The number of nitrogens with zero attached hydrogens (tertiary/aromatic N) is 1. The zero-order chi connectivity index (χ0) is 14.9. The van der Waals surface area contributed by atoms with Crippen molar-refractivity contribution in [1.29, 1.82) is 0 Å². The number of piperidine rings is 1. The highest BCUT2D eigenvalue weighted by molar-refractivity contribution is 7.91. The van der Waals surface area contributed by atoms with Gasteiger partial charge in [0, 0.05) is 24.9 Å². The summed E-state index contributed by atoms with van der Waals surface area (Å²) in [6, 6.07) is 5.84. The molecule has 1 aliphatic heterocycles. The van der Waals surface area contributed by atoms with E-state index < -0.39 is 9.84 Å². The number of likely N-dealkylation sites (tertiary alicyclic amines) is 1. The minimum absolute atomic E-state index is 0.0122. The fourth-order valence-corrected chi connectivity index (χ4v) is 3.69. The molecule has 0 bridgehead atoms. The van der Waals surface area contributed by atoms with Crippen LogP contribution in [0.1, 0.15) is 34.3 Å². The van der Waals surface area contributed by atoms with E-state index in [2.05, 4.69) is 0 Å². The van der Waals surface area contributed by atoms with Gasteiger partial charge < -0.3 is 4.90 Å². The summed E-state index contributed by atoms with van der Waals surface area (Å²) in [5, 5.41) is -0.301. The van der Waals surface area contributed by atoms with Crippen LogP contribution >= 0.6 is 0 Å². The topological polar surface area (TPSA) is 54.5 Å². The summed E-state index contributed by atoms with van der Waals surface area (Å²) in [7, 11) is -2.99. The van der Waals surface area contributed by atoms with E-state index in [1.807, 2.05) is 32.0 Å². The van der Waals surface area contributed by atoms with Gasteiger partial charge in [0.05, 0.1) is 5.25 Å². The van der Waals surface area contributed by atoms with Crippen molar-refractivity contribution >= 4 is 15.7 Å². The van der Waals surface area contributed by atoms with Crippen molar-refractivity contribution in [3.63, 3.8) is 0 Å². The summed E-state index contributed by atoms with van der Waals surface area (Å²) in [6.07, 6.45) is 2.35. The third kappa shape index (κ3) is 3.20. The second kappa shape index (κ2) is 5.56. The first kappa shape index (κ1) is 15.0. The zero-order valence-electron chi connectivity index (χ0n) is 12.2. The zero-order valence-corrected chi connectivity index (χ0v) is 13.0. The van der Waals surface area contributed by atoms with Crippen LogP contribution in [0.25, 0.3) is 0 Å². The number of sulfone groups is 1. The number of hydrogen-bond donors (Lipinski definition) is 0. The number of hydrogen-bond acceptors (Lipinski definition) is 3. The van der Waals surface area contributed by atoms with Gasteiger partial charge in [-0.3, -0.25) is 4.79 Å². The number of carbonyl (C=O) groups excluding carboxylic acids is 1. The van der Waals surface area contributed by atoms with Gasteiger partial charge in [0.15, 0.2) is 0 Å². The van der Waals surface area contributed by atoms with Crippen molar-refractivity contribution < 1.29 is 13.2 Å². The van der Waals surface area contributed by atoms with Crippen molar-refractivity contribution in [2.24, 2.45) is 0 Å². The Morgan fingerprint density at radius 1 is 1.20 bits per heavy atom. The Hall–Kier alpha value is -1.36. The van der Waals surface area contributed by atoms with Gasteiger partial charge in [-0.15, -0.1) is 0 Å². The Morgan fingerprint density at radius 3 is 2.35 bits per heavy atom. The van der Waals surface area contributed by atoms with Crippen molar-refractivity contribution in [3.05, 3.63) is 34.9 Å². The largest absolute Gasteiger partial charge is 0.339 e. The molecule has 0 aliphatic carbocycles. The van der Waals surface area contributed by atoms with Crippen LogP contribution < -0.4 is 0 Å². The Bertz CT molecular complexity index is 614. The maximum atomic E-state index is 12.5. The molecule has 4 nitrogen and oxygen atoms in total. The second-order valence-corrected chi connectivity index (χ2v) is 7.97. The highest BCUT2D eigenvalue weighted by Gasteiger charge is 2.29. The van der Waals surface area contributed by atoms with Crippen LogP contribution in [0.2, 0.25) is 0 Å². The molecule has 2 rings (SSSR count). The molecular weight excluding hydrogens is 274 g/mol. The molecule has 1 fully saturated rings.